The number of aliphatic hydroxyl groups excluding tert-OH is 1. The zero-order chi connectivity index (χ0) is 17.9. The number of hydrogen-bond acceptors (Lipinski definition) is 3. The summed E-state index contributed by atoms with van der Waals surface area (Å²) in [5.74, 6) is 1.44. The maximum absolute atomic E-state index is 10.5. The number of phenols is 1. The lowest BCUT2D eigenvalue weighted by Crippen LogP contribution is -2.48. The van der Waals surface area contributed by atoms with E-state index in [-0.39, 0.29) is 11.5 Å². The molecule has 1 aromatic rings. The van der Waals surface area contributed by atoms with Gasteiger partial charge in [0.1, 0.15) is 5.75 Å². The molecule has 3 nitrogen and oxygen atoms in total. The molecule has 0 aromatic heterocycles. The Balaban J connectivity index is 1.53. The van der Waals surface area contributed by atoms with Crippen LogP contribution in [-0.2, 0) is 5.41 Å². The average Bonchev–Trinajstić information content (AvgIpc) is 2.63. The van der Waals surface area contributed by atoms with Gasteiger partial charge in [0.15, 0.2) is 0 Å². The normalized spacial score (nSPS) is 30.3. The van der Waals surface area contributed by atoms with Crippen molar-refractivity contribution in [1.82, 2.24) is 4.90 Å². The SMILES string of the molecule is C[C@H]1CN(CC[C@H](O)C2CCCCC2)CC[C@]1(C)c1cccc(O)c1. The van der Waals surface area contributed by atoms with Crippen LogP contribution in [0.2, 0.25) is 0 Å². The summed E-state index contributed by atoms with van der Waals surface area (Å²) >= 11 is 0. The van der Waals surface area contributed by atoms with E-state index < -0.39 is 0 Å². The second-order valence-electron chi connectivity index (χ2n) is 8.67. The first kappa shape index (κ1) is 18.7. The molecule has 0 bridgehead atoms. The number of aromatic hydroxyl groups is 1. The van der Waals surface area contributed by atoms with Crippen molar-refractivity contribution >= 4 is 0 Å². The Kier molecular flexibility index (Phi) is 6.06. The van der Waals surface area contributed by atoms with Crippen LogP contribution in [0.25, 0.3) is 0 Å². The lowest BCUT2D eigenvalue weighted by molar-refractivity contribution is 0.0502. The Hall–Kier alpha value is -1.06. The molecule has 3 atom stereocenters. The molecule has 25 heavy (non-hydrogen) atoms. The standard InChI is InChI=1S/C22H35NO2/c1-17-16-23(13-11-21(25)18-7-4-3-5-8-18)14-12-22(17,2)19-9-6-10-20(24)15-19/h6,9-10,15,17-18,21,24-25H,3-5,7-8,11-14,16H2,1-2H3/t17-,21-,22-/m0/s1. The van der Waals surface area contributed by atoms with Gasteiger partial charge in [-0.2, -0.15) is 0 Å². The number of aliphatic hydroxyl groups is 1. The minimum absolute atomic E-state index is 0.116. The average molecular weight is 346 g/mol. The van der Waals surface area contributed by atoms with Crippen LogP contribution in [0, 0.1) is 11.8 Å². The van der Waals surface area contributed by atoms with E-state index in [2.05, 4.69) is 24.8 Å². The number of rotatable bonds is 5. The number of phenolic OH excluding ortho intramolecular Hbond substituents is 1. The predicted octanol–water partition coefficient (Wildman–Crippen LogP) is 4.32. The zero-order valence-corrected chi connectivity index (χ0v) is 16.0. The molecule has 1 aliphatic carbocycles. The molecular weight excluding hydrogens is 310 g/mol. The van der Waals surface area contributed by atoms with Gasteiger partial charge in [-0.3, -0.25) is 0 Å². The van der Waals surface area contributed by atoms with Crippen LogP contribution in [0.3, 0.4) is 0 Å². The molecule has 2 aliphatic rings. The Labute approximate surface area is 153 Å². The summed E-state index contributed by atoms with van der Waals surface area (Å²) in [6.45, 7) is 7.82. The van der Waals surface area contributed by atoms with Crippen molar-refractivity contribution < 1.29 is 10.2 Å². The third kappa shape index (κ3) is 4.38. The highest BCUT2D eigenvalue weighted by Crippen LogP contribution is 2.40. The van der Waals surface area contributed by atoms with Gasteiger partial charge in [-0.25, -0.2) is 0 Å². The highest BCUT2D eigenvalue weighted by atomic mass is 16.3. The minimum atomic E-state index is -0.116. The summed E-state index contributed by atoms with van der Waals surface area (Å²) in [5, 5.41) is 20.4. The second-order valence-corrected chi connectivity index (χ2v) is 8.67. The molecule has 2 fully saturated rings. The minimum Gasteiger partial charge on any atom is -0.508 e. The van der Waals surface area contributed by atoms with Gasteiger partial charge in [0, 0.05) is 13.1 Å². The van der Waals surface area contributed by atoms with Crippen LogP contribution < -0.4 is 0 Å². The fourth-order valence-electron chi connectivity index (χ4n) is 4.88. The molecule has 0 radical (unpaired) electrons. The van der Waals surface area contributed by atoms with Crippen molar-refractivity contribution in [3.05, 3.63) is 29.8 Å². The lowest BCUT2D eigenvalue weighted by atomic mass is 9.68. The fraction of sp³-hybridized carbons (Fsp3) is 0.727. The molecule has 140 valence electrons. The first-order chi connectivity index (χ1) is 12.0. The Morgan fingerprint density at radius 3 is 2.68 bits per heavy atom. The molecule has 1 saturated carbocycles. The van der Waals surface area contributed by atoms with Gasteiger partial charge in [-0.05, 0) is 67.2 Å². The molecule has 3 heteroatoms. The summed E-state index contributed by atoms with van der Waals surface area (Å²) in [5.41, 5.74) is 1.37. The van der Waals surface area contributed by atoms with E-state index in [9.17, 15) is 10.2 Å². The Morgan fingerprint density at radius 2 is 2.00 bits per heavy atom. The van der Waals surface area contributed by atoms with Crippen molar-refractivity contribution in [3.63, 3.8) is 0 Å². The topological polar surface area (TPSA) is 43.7 Å². The predicted molar refractivity (Wildman–Crippen MR) is 103 cm³/mol. The highest BCUT2D eigenvalue weighted by Gasteiger charge is 2.38. The first-order valence-electron chi connectivity index (χ1n) is 10.2. The number of hydrogen-bond donors (Lipinski definition) is 2. The Bertz CT molecular complexity index is 555. The van der Waals surface area contributed by atoms with E-state index >= 15 is 0 Å². The molecule has 1 aromatic carbocycles. The molecule has 1 aliphatic heterocycles. The van der Waals surface area contributed by atoms with E-state index in [1.807, 2.05) is 12.1 Å². The van der Waals surface area contributed by atoms with Gasteiger partial charge in [-0.15, -0.1) is 0 Å². The van der Waals surface area contributed by atoms with Crippen molar-refractivity contribution in [3.8, 4) is 5.75 Å². The number of benzene rings is 1. The summed E-state index contributed by atoms with van der Waals surface area (Å²) in [6.07, 6.45) is 8.28. The highest BCUT2D eigenvalue weighted by molar-refractivity contribution is 5.33. The van der Waals surface area contributed by atoms with Crippen LogP contribution in [0.5, 0.6) is 5.75 Å². The summed E-state index contributed by atoms with van der Waals surface area (Å²) in [6, 6.07) is 7.78. The zero-order valence-electron chi connectivity index (χ0n) is 16.0. The van der Waals surface area contributed by atoms with Crippen molar-refractivity contribution in [2.75, 3.05) is 19.6 Å². The molecule has 3 rings (SSSR count). The Morgan fingerprint density at radius 1 is 1.24 bits per heavy atom. The van der Waals surface area contributed by atoms with Crippen molar-refractivity contribution in [2.45, 2.75) is 70.3 Å². The fourth-order valence-corrected chi connectivity index (χ4v) is 4.88. The molecular formula is C22H35NO2. The van der Waals surface area contributed by atoms with Crippen molar-refractivity contribution in [2.24, 2.45) is 11.8 Å². The van der Waals surface area contributed by atoms with Crippen LogP contribution in [0.15, 0.2) is 24.3 Å². The van der Waals surface area contributed by atoms with E-state index in [1.165, 1.54) is 37.7 Å². The number of piperidine rings is 1. The maximum Gasteiger partial charge on any atom is 0.115 e. The third-order valence-electron chi connectivity index (χ3n) is 7.01. The quantitative estimate of drug-likeness (QED) is 0.835. The second kappa shape index (κ2) is 8.09. The molecule has 1 heterocycles. The molecule has 0 spiro atoms. The van der Waals surface area contributed by atoms with E-state index in [1.54, 1.807) is 6.07 Å². The monoisotopic (exact) mass is 345 g/mol. The van der Waals surface area contributed by atoms with E-state index in [4.69, 9.17) is 0 Å². The van der Waals surface area contributed by atoms with Crippen LogP contribution >= 0.6 is 0 Å². The van der Waals surface area contributed by atoms with Gasteiger partial charge in [0.25, 0.3) is 0 Å². The van der Waals surface area contributed by atoms with E-state index in [0.717, 1.165) is 32.5 Å². The number of nitrogens with zero attached hydrogens (tertiary/aromatic N) is 1. The molecule has 0 unspecified atom stereocenters. The smallest absolute Gasteiger partial charge is 0.115 e. The van der Waals surface area contributed by atoms with Crippen molar-refractivity contribution in [1.29, 1.82) is 0 Å². The van der Waals surface area contributed by atoms with Crippen LogP contribution in [0.4, 0.5) is 0 Å². The summed E-state index contributed by atoms with van der Waals surface area (Å²) in [7, 11) is 0. The van der Waals surface area contributed by atoms with Gasteiger partial charge < -0.3 is 15.1 Å². The molecule has 0 amide bonds. The lowest BCUT2D eigenvalue weighted by Gasteiger charge is -2.45. The largest absolute Gasteiger partial charge is 0.508 e. The van der Waals surface area contributed by atoms with Crippen LogP contribution in [-0.4, -0.2) is 40.9 Å². The maximum atomic E-state index is 10.5. The van der Waals surface area contributed by atoms with Gasteiger partial charge in [-0.1, -0.05) is 45.2 Å². The van der Waals surface area contributed by atoms with Crippen LogP contribution in [0.1, 0.15) is 64.4 Å². The first-order valence-corrected chi connectivity index (χ1v) is 10.2. The molecule has 2 N–H and O–H groups in total. The third-order valence-corrected chi connectivity index (χ3v) is 7.01. The van der Waals surface area contributed by atoms with Gasteiger partial charge >= 0.3 is 0 Å². The molecule has 1 saturated heterocycles. The van der Waals surface area contributed by atoms with E-state index in [0.29, 0.717) is 17.6 Å². The van der Waals surface area contributed by atoms with Gasteiger partial charge in [0.2, 0.25) is 0 Å². The van der Waals surface area contributed by atoms with Gasteiger partial charge in [0.05, 0.1) is 6.10 Å². The number of likely N-dealkylation sites (tertiary alicyclic amines) is 1. The summed E-state index contributed by atoms with van der Waals surface area (Å²) in [4.78, 5) is 2.53. The summed E-state index contributed by atoms with van der Waals surface area (Å²) < 4.78 is 0.